The molecule has 1 rings (SSSR count). The van der Waals surface area contributed by atoms with Gasteiger partial charge >= 0.3 is 5.97 Å². The summed E-state index contributed by atoms with van der Waals surface area (Å²) >= 11 is 3.38. The van der Waals surface area contributed by atoms with Crippen molar-refractivity contribution < 1.29 is 19.4 Å². The molecule has 0 spiro atoms. The third kappa shape index (κ3) is 4.54. The zero-order valence-corrected chi connectivity index (χ0v) is 14.5. The van der Waals surface area contributed by atoms with E-state index in [1.165, 1.54) is 14.2 Å². The summed E-state index contributed by atoms with van der Waals surface area (Å²) in [6, 6.07) is 7.38. The molecule has 1 atom stereocenters. The molecule has 0 radical (unpaired) electrons. The first kappa shape index (κ1) is 18.6. The number of nitrogens with zero attached hydrogens (tertiary/aromatic N) is 1. The van der Waals surface area contributed by atoms with Gasteiger partial charge in [0.1, 0.15) is 0 Å². The van der Waals surface area contributed by atoms with Gasteiger partial charge in [-0.2, -0.15) is 5.26 Å². The normalized spacial score (nSPS) is 12.7. The van der Waals surface area contributed by atoms with Crippen molar-refractivity contribution in [2.24, 2.45) is 5.92 Å². The Kier molecular flexibility index (Phi) is 7.01. The highest BCUT2D eigenvalue weighted by molar-refractivity contribution is 9.10. The van der Waals surface area contributed by atoms with E-state index in [1.807, 2.05) is 6.07 Å². The molecule has 0 aromatic heterocycles. The summed E-state index contributed by atoms with van der Waals surface area (Å²) in [4.78, 5) is 10.9. The average molecular weight is 370 g/mol. The molecule has 0 aliphatic rings. The summed E-state index contributed by atoms with van der Waals surface area (Å²) in [5, 5.41) is 18.0. The van der Waals surface area contributed by atoms with Gasteiger partial charge in [0.05, 0.1) is 17.6 Å². The van der Waals surface area contributed by atoms with E-state index in [0.717, 1.165) is 10.0 Å². The van der Waals surface area contributed by atoms with Gasteiger partial charge in [-0.05, 0) is 31.0 Å². The fraction of sp³-hybridized carbons (Fsp3) is 0.500. The number of aliphatic carboxylic acids is 1. The number of benzene rings is 1. The summed E-state index contributed by atoms with van der Waals surface area (Å²) in [5.41, 5.74) is 1.23. The van der Waals surface area contributed by atoms with Crippen LogP contribution in [0.15, 0.2) is 22.7 Å². The fourth-order valence-electron chi connectivity index (χ4n) is 2.31. The molecule has 0 saturated carbocycles. The van der Waals surface area contributed by atoms with Crippen LogP contribution in [0.25, 0.3) is 0 Å². The minimum absolute atomic E-state index is 0.413. The van der Waals surface area contributed by atoms with Gasteiger partial charge in [-0.25, -0.2) is 0 Å². The van der Waals surface area contributed by atoms with Gasteiger partial charge in [0.15, 0.2) is 5.79 Å². The van der Waals surface area contributed by atoms with E-state index in [1.54, 1.807) is 19.1 Å². The van der Waals surface area contributed by atoms with Crippen LogP contribution in [0.2, 0.25) is 0 Å². The lowest BCUT2D eigenvalue weighted by Gasteiger charge is -2.32. The SMILES string of the molecule is COC(CCCC(C)C(=O)O)(OC)c1cc(Br)cc(C#N)c1. The Morgan fingerprint density at radius 1 is 1.41 bits per heavy atom. The molecule has 1 aromatic carbocycles. The van der Waals surface area contributed by atoms with Crippen molar-refractivity contribution in [3.63, 3.8) is 0 Å². The highest BCUT2D eigenvalue weighted by Crippen LogP contribution is 2.34. The number of carboxylic acid groups (broad SMARTS) is 1. The number of halogens is 1. The molecular formula is C16H20BrNO4. The van der Waals surface area contributed by atoms with E-state index in [2.05, 4.69) is 22.0 Å². The summed E-state index contributed by atoms with van der Waals surface area (Å²) in [5.74, 6) is -2.22. The van der Waals surface area contributed by atoms with Crippen molar-refractivity contribution in [1.29, 1.82) is 5.26 Å². The van der Waals surface area contributed by atoms with Crippen LogP contribution >= 0.6 is 15.9 Å². The third-order valence-corrected chi connectivity index (χ3v) is 4.15. The summed E-state index contributed by atoms with van der Waals surface area (Å²) in [6.07, 6.45) is 1.66. The van der Waals surface area contributed by atoms with E-state index < -0.39 is 17.7 Å². The molecule has 1 N–H and O–H groups in total. The van der Waals surface area contributed by atoms with Crippen LogP contribution in [-0.4, -0.2) is 25.3 Å². The van der Waals surface area contributed by atoms with Gasteiger partial charge in [-0.3, -0.25) is 4.79 Å². The van der Waals surface area contributed by atoms with E-state index in [4.69, 9.17) is 19.8 Å². The predicted octanol–water partition coefficient (Wildman–Crippen LogP) is 3.66. The molecule has 0 amide bonds. The molecule has 1 aromatic rings. The van der Waals surface area contributed by atoms with Crippen LogP contribution < -0.4 is 0 Å². The second kappa shape index (κ2) is 8.28. The van der Waals surface area contributed by atoms with Crippen LogP contribution in [0.3, 0.4) is 0 Å². The monoisotopic (exact) mass is 369 g/mol. The van der Waals surface area contributed by atoms with Gasteiger partial charge < -0.3 is 14.6 Å². The van der Waals surface area contributed by atoms with Crippen LogP contribution in [0.5, 0.6) is 0 Å². The zero-order valence-electron chi connectivity index (χ0n) is 12.9. The topological polar surface area (TPSA) is 79.6 Å². The molecule has 0 heterocycles. The van der Waals surface area contributed by atoms with E-state index in [9.17, 15) is 4.79 Å². The van der Waals surface area contributed by atoms with Crippen LogP contribution in [0.1, 0.15) is 37.3 Å². The Bertz CT molecular complexity index is 564. The minimum Gasteiger partial charge on any atom is -0.481 e. The number of nitriles is 1. The maximum absolute atomic E-state index is 10.9. The second-order valence-corrected chi connectivity index (χ2v) is 6.05. The fourth-order valence-corrected chi connectivity index (χ4v) is 2.80. The lowest BCUT2D eigenvalue weighted by atomic mass is 9.95. The number of methoxy groups -OCH3 is 2. The molecule has 0 saturated heterocycles. The Morgan fingerprint density at radius 2 is 2.05 bits per heavy atom. The van der Waals surface area contributed by atoms with Crippen LogP contribution in [-0.2, 0) is 20.1 Å². The molecule has 0 bridgehead atoms. The Hall–Kier alpha value is -1.42. The molecule has 22 heavy (non-hydrogen) atoms. The van der Waals surface area contributed by atoms with Gasteiger partial charge in [0, 0.05) is 30.7 Å². The predicted molar refractivity (Wildman–Crippen MR) is 85.2 cm³/mol. The van der Waals surface area contributed by atoms with Crippen LogP contribution in [0.4, 0.5) is 0 Å². The number of carbonyl (C=O) groups is 1. The van der Waals surface area contributed by atoms with Gasteiger partial charge in [0.2, 0.25) is 0 Å². The van der Waals surface area contributed by atoms with Crippen molar-refractivity contribution in [2.75, 3.05) is 14.2 Å². The molecule has 120 valence electrons. The number of hydrogen-bond donors (Lipinski definition) is 1. The molecule has 0 aliphatic heterocycles. The molecule has 0 fully saturated rings. The quantitative estimate of drug-likeness (QED) is 0.707. The standard InChI is InChI=1S/C16H20BrNO4/c1-11(15(19)20)5-4-6-16(21-2,22-3)13-7-12(10-18)8-14(17)9-13/h7-9,11H,4-6H2,1-3H3,(H,19,20). The van der Waals surface area contributed by atoms with Crippen molar-refractivity contribution >= 4 is 21.9 Å². The summed E-state index contributed by atoms with van der Waals surface area (Å²) < 4.78 is 11.9. The largest absolute Gasteiger partial charge is 0.481 e. The van der Waals surface area contributed by atoms with Gasteiger partial charge in [0.25, 0.3) is 0 Å². The van der Waals surface area contributed by atoms with E-state index in [-0.39, 0.29) is 0 Å². The lowest BCUT2D eigenvalue weighted by Crippen LogP contribution is -2.31. The van der Waals surface area contributed by atoms with Crippen molar-refractivity contribution in [3.05, 3.63) is 33.8 Å². The van der Waals surface area contributed by atoms with E-state index in [0.29, 0.717) is 24.8 Å². The summed E-state index contributed by atoms with van der Waals surface area (Å²) in [7, 11) is 3.08. The third-order valence-electron chi connectivity index (χ3n) is 3.69. The van der Waals surface area contributed by atoms with Crippen molar-refractivity contribution in [1.82, 2.24) is 0 Å². The number of ether oxygens (including phenoxy) is 2. The minimum atomic E-state index is -0.992. The number of hydrogen-bond acceptors (Lipinski definition) is 4. The molecule has 1 unspecified atom stereocenters. The van der Waals surface area contributed by atoms with Crippen molar-refractivity contribution in [3.8, 4) is 6.07 Å². The molecule has 5 nitrogen and oxygen atoms in total. The number of rotatable bonds is 8. The number of carboxylic acids is 1. The Morgan fingerprint density at radius 3 is 2.55 bits per heavy atom. The second-order valence-electron chi connectivity index (χ2n) is 5.13. The first-order valence-corrected chi connectivity index (χ1v) is 7.72. The first-order valence-electron chi connectivity index (χ1n) is 6.92. The van der Waals surface area contributed by atoms with Gasteiger partial charge in [-0.15, -0.1) is 0 Å². The molecule has 6 heteroatoms. The summed E-state index contributed by atoms with van der Waals surface area (Å²) in [6.45, 7) is 1.68. The maximum Gasteiger partial charge on any atom is 0.306 e. The van der Waals surface area contributed by atoms with Crippen LogP contribution in [0, 0.1) is 17.2 Å². The maximum atomic E-state index is 10.9. The average Bonchev–Trinajstić information content (AvgIpc) is 2.50. The zero-order chi connectivity index (χ0) is 16.8. The Balaban J connectivity index is 2.98. The van der Waals surface area contributed by atoms with E-state index >= 15 is 0 Å². The van der Waals surface area contributed by atoms with Crippen molar-refractivity contribution in [2.45, 2.75) is 32.0 Å². The highest BCUT2D eigenvalue weighted by Gasteiger charge is 2.32. The molecule has 0 aliphatic carbocycles. The molecular weight excluding hydrogens is 350 g/mol. The smallest absolute Gasteiger partial charge is 0.306 e. The highest BCUT2D eigenvalue weighted by atomic mass is 79.9. The first-order chi connectivity index (χ1) is 10.4. The van der Waals surface area contributed by atoms with Gasteiger partial charge in [-0.1, -0.05) is 22.9 Å². The Labute approximate surface area is 139 Å². The lowest BCUT2D eigenvalue weighted by molar-refractivity contribution is -0.221.